The van der Waals surface area contributed by atoms with Crippen LogP contribution in [-0.4, -0.2) is 55.3 Å². The van der Waals surface area contributed by atoms with E-state index in [1.165, 1.54) is 0 Å². The summed E-state index contributed by atoms with van der Waals surface area (Å²) in [5, 5.41) is 5.22. The molecule has 2 atom stereocenters. The zero-order valence-corrected chi connectivity index (χ0v) is 15.4. The number of amides is 4. The highest BCUT2D eigenvalue weighted by molar-refractivity contribution is 7.91. The van der Waals surface area contributed by atoms with Crippen molar-refractivity contribution in [3.8, 4) is 0 Å². The minimum Gasteiger partial charge on any atom is -0.351 e. The first-order valence-corrected chi connectivity index (χ1v) is 10.1. The van der Waals surface area contributed by atoms with Crippen LogP contribution in [0, 0.1) is 6.92 Å². The Hall–Kier alpha value is -2.42. The summed E-state index contributed by atoms with van der Waals surface area (Å²) < 4.78 is 22.9. The summed E-state index contributed by atoms with van der Waals surface area (Å²) in [6.45, 7) is 3.07. The molecule has 0 unspecified atom stereocenters. The van der Waals surface area contributed by atoms with Crippen LogP contribution in [0.2, 0.25) is 0 Å². The Bertz CT molecular complexity index is 865. The minimum atomic E-state index is -3.12. The number of carbonyl (C=O) groups is 3. The predicted molar refractivity (Wildman–Crippen MR) is 94.0 cm³/mol. The normalized spacial score (nSPS) is 27.5. The second-order valence-electron chi connectivity index (χ2n) is 6.98. The molecule has 4 amide bonds. The first-order chi connectivity index (χ1) is 12.1. The number of sulfone groups is 1. The van der Waals surface area contributed by atoms with Crippen molar-refractivity contribution in [3.05, 3.63) is 35.4 Å². The highest BCUT2D eigenvalue weighted by Crippen LogP contribution is 2.28. The second kappa shape index (κ2) is 6.39. The molecule has 2 N–H and O–H groups in total. The Kier molecular flexibility index (Phi) is 4.51. The lowest BCUT2D eigenvalue weighted by atomic mass is 9.91. The van der Waals surface area contributed by atoms with Crippen molar-refractivity contribution in [2.24, 2.45) is 0 Å². The van der Waals surface area contributed by atoms with Gasteiger partial charge in [0.1, 0.15) is 12.1 Å². The monoisotopic (exact) mass is 379 g/mol. The van der Waals surface area contributed by atoms with Crippen LogP contribution in [0.5, 0.6) is 0 Å². The van der Waals surface area contributed by atoms with Gasteiger partial charge in [-0.2, -0.15) is 0 Å². The molecule has 8 nitrogen and oxygen atoms in total. The van der Waals surface area contributed by atoms with E-state index in [1.54, 1.807) is 19.1 Å². The van der Waals surface area contributed by atoms with E-state index in [1.807, 2.05) is 19.1 Å². The Morgan fingerprint density at radius 2 is 1.96 bits per heavy atom. The van der Waals surface area contributed by atoms with Crippen LogP contribution in [0.1, 0.15) is 24.5 Å². The summed E-state index contributed by atoms with van der Waals surface area (Å²) in [5.41, 5.74) is 0.421. The highest BCUT2D eigenvalue weighted by atomic mass is 32.2. The van der Waals surface area contributed by atoms with Crippen LogP contribution in [0.25, 0.3) is 0 Å². The number of carbonyl (C=O) groups excluding carboxylic acids is 3. The van der Waals surface area contributed by atoms with Crippen molar-refractivity contribution >= 4 is 27.7 Å². The topological polar surface area (TPSA) is 113 Å². The van der Waals surface area contributed by atoms with E-state index in [9.17, 15) is 22.8 Å². The molecule has 140 valence electrons. The number of rotatable bonds is 4. The molecule has 0 bridgehead atoms. The van der Waals surface area contributed by atoms with Crippen molar-refractivity contribution in [2.75, 3.05) is 18.1 Å². The number of nitrogens with one attached hydrogen (secondary N) is 2. The van der Waals surface area contributed by atoms with Crippen molar-refractivity contribution in [1.29, 1.82) is 0 Å². The Labute approximate surface area is 151 Å². The Morgan fingerprint density at radius 3 is 2.54 bits per heavy atom. The summed E-state index contributed by atoms with van der Waals surface area (Å²) >= 11 is 0. The lowest BCUT2D eigenvalue weighted by Crippen LogP contribution is -2.45. The van der Waals surface area contributed by atoms with Gasteiger partial charge in [-0.3, -0.25) is 14.5 Å². The molecular formula is C17H21N3O5S. The van der Waals surface area contributed by atoms with E-state index in [-0.39, 0.29) is 11.5 Å². The van der Waals surface area contributed by atoms with Gasteiger partial charge in [-0.15, -0.1) is 0 Å². The van der Waals surface area contributed by atoms with Crippen molar-refractivity contribution in [1.82, 2.24) is 15.5 Å². The average molecular weight is 379 g/mol. The van der Waals surface area contributed by atoms with Gasteiger partial charge in [-0.25, -0.2) is 13.2 Å². The molecule has 1 aromatic carbocycles. The van der Waals surface area contributed by atoms with Crippen LogP contribution < -0.4 is 10.6 Å². The van der Waals surface area contributed by atoms with Gasteiger partial charge in [0.05, 0.1) is 11.5 Å². The van der Waals surface area contributed by atoms with E-state index in [0.29, 0.717) is 12.0 Å². The van der Waals surface area contributed by atoms with Gasteiger partial charge < -0.3 is 10.6 Å². The first kappa shape index (κ1) is 18.4. The van der Waals surface area contributed by atoms with Crippen LogP contribution in [0.3, 0.4) is 0 Å². The molecule has 2 fully saturated rings. The van der Waals surface area contributed by atoms with E-state index < -0.39 is 45.8 Å². The maximum Gasteiger partial charge on any atom is 0.325 e. The molecule has 2 aliphatic rings. The number of benzene rings is 1. The fraction of sp³-hybridized carbons (Fsp3) is 0.471. The van der Waals surface area contributed by atoms with Gasteiger partial charge in [0.2, 0.25) is 5.91 Å². The number of hydrogen-bond acceptors (Lipinski definition) is 5. The highest BCUT2D eigenvalue weighted by Gasteiger charge is 2.49. The Balaban J connectivity index is 1.69. The van der Waals surface area contributed by atoms with Gasteiger partial charge in [-0.1, -0.05) is 29.8 Å². The molecule has 3 rings (SSSR count). The quantitative estimate of drug-likeness (QED) is 0.719. The smallest absolute Gasteiger partial charge is 0.325 e. The number of hydrogen-bond donors (Lipinski definition) is 2. The van der Waals surface area contributed by atoms with Crippen LogP contribution >= 0.6 is 0 Å². The second-order valence-corrected chi connectivity index (χ2v) is 9.21. The van der Waals surface area contributed by atoms with Crippen molar-refractivity contribution in [2.45, 2.75) is 31.8 Å². The largest absolute Gasteiger partial charge is 0.351 e. The molecule has 0 aromatic heterocycles. The summed E-state index contributed by atoms with van der Waals surface area (Å²) in [6.07, 6.45) is 0.343. The predicted octanol–water partition coefficient (Wildman–Crippen LogP) is 0.0653. The number of imide groups is 1. The number of nitrogens with zero attached hydrogens (tertiary/aromatic N) is 1. The SMILES string of the molecule is Cc1ccc([C@@]2(C)NC(=O)N(CC(=O)N[C@@H]3CCS(=O)(=O)C3)C2=O)cc1. The van der Waals surface area contributed by atoms with E-state index >= 15 is 0 Å². The average Bonchev–Trinajstić information content (AvgIpc) is 3.00. The fourth-order valence-corrected chi connectivity index (χ4v) is 4.92. The summed E-state index contributed by atoms with van der Waals surface area (Å²) in [4.78, 5) is 38.0. The third kappa shape index (κ3) is 3.44. The van der Waals surface area contributed by atoms with Crippen molar-refractivity contribution in [3.63, 3.8) is 0 Å². The number of aryl methyl sites for hydroxylation is 1. The molecular weight excluding hydrogens is 358 g/mol. The number of urea groups is 1. The van der Waals surface area contributed by atoms with Gasteiger partial charge in [0.15, 0.2) is 9.84 Å². The first-order valence-electron chi connectivity index (χ1n) is 8.32. The molecule has 26 heavy (non-hydrogen) atoms. The lowest BCUT2D eigenvalue weighted by molar-refractivity contribution is -0.135. The van der Waals surface area contributed by atoms with Gasteiger partial charge >= 0.3 is 6.03 Å². The molecule has 0 saturated carbocycles. The van der Waals surface area contributed by atoms with Crippen LogP contribution in [0.15, 0.2) is 24.3 Å². The van der Waals surface area contributed by atoms with Gasteiger partial charge in [0.25, 0.3) is 5.91 Å². The van der Waals surface area contributed by atoms with Gasteiger partial charge in [-0.05, 0) is 25.8 Å². The molecule has 2 heterocycles. The lowest BCUT2D eigenvalue weighted by Gasteiger charge is -2.22. The van der Waals surface area contributed by atoms with Crippen molar-refractivity contribution < 1.29 is 22.8 Å². The maximum atomic E-state index is 12.8. The summed E-state index contributed by atoms with van der Waals surface area (Å²) in [6, 6.07) is 6.09. The van der Waals surface area contributed by atoms with Gasteiger partial charge in [0, 0.05) is 6.04 Å². The minimum absolute atomic E-state index is 0.0343. The fourth-order valence-electron chi connectivity index (χ4n) is 3.25. The van der Waals surface area contributed by atoms with E-state index in [0.717, 1.165) is 10.5 Å². The van der Waals surface area contributed by atoms with E-state index in [2.05, 4.69) is 10.6 Å². The molecule has 2 aliphatic heterocycles. The van der Waals surface area contributed by atoms with Crippen LogP contribution in [-0.2, 0) is 25.0 Å². The zero-order valence-electron chi connectivity index (χ0n) is 14.6. The van der Waals surface area contributed by atoms with E-state index in [4.69, 9.17) is 0 Å². The standard InChI is InChI=1S/C17H21N3O5S/c1-11-3-5-12(6-4-11)17(2)15(22)20(16(23)19-17)9-14(21)18-13-7-8-26(24,25)10-13/h3-6,13H,7-10H2,1-2H3,(H,18,21)(H,19,23)/t13-,17-/m1/s1. The maximum absolute atomic E-state index is 12.8. The molecule has 0 spiro atoms. The molecule has 2 saturated heterocycles. The molecule has 0 aliphatic carbocycles. The third-order valence-corrected chi connectivity index (χ3v) is 6.57. The summed E-state index contributed by atoms with van der Waals surface area (Å²) in [5.74, 6) is -1.14. The molecule has 9 heteroatoms. The Morgan fingerprint density at radius 1 is 1.31 bits per heavy atom. The third-order valence-electron chi connectivity index (χ3n) is 4.80. The molecule has 1 aromatic rings. The van der Waals surface area contributed by atoms with Crippen LogP contribution in [0.4, 0.5) is 4.79 Å². The zero-order chi connectivity index (χ0) is 19.1. The molecule has 0 radical (unpaired) electrons. The summed E-state index contributed by atoms with van der Waals surface area (Å²) in [7, 11) is -3.12.